The minimum atomic E-state index is -0.193. The van der Waals surface area contributed by atoms with Gasteiger partial charge in [-0.3, -0.25) is 4.79 Å². The molecule has 0 saturated carbocycles. The van der Waals surface area contributed by atoms with Crippen LogP contribution in [0, 0.1) is 11.3 Å². The van der Waals surface area contributed by atoms with Crippen LogP contribution in [-0.4, -0.2) is 22.1 Å². The molecule has 5 nitrogen and oxygen atoms in total. The topological polar surface area (TPSA) is 69.3 Å². The molecular formula is C16H15N3O2. The first-order valence-corrected chi connectivity index (χ1v) is 6.81. The summed E-state index contributed by atoms with van der Waals surface area (Å²) in [5.41, 5.74) is 2.47. The fraction of sp³-hybridized carbons (Fsp3) is 0.250. The standard InChI is InChI=1S/C16H15N3O2/c1-18-10-11(9-17)8-13(18)16(21)19-7-3-5-12-4-2-6-14(20)15(12)19/h2,4,6,8,10,20H,3,5,7H2,1H3. The number of aromatic hydroxyl groups is 1. The molecule has 1 amide bonds. The Labute approximate surface area is 122 Å². The van der Waals surface area contributed by atoms with E-state index in [1.54, 1.807) is 40.9 Å². The first-order valence-electron chi connectivity index (χ1n) is 6.81. The molecule has 3 rings (SSSR count). The second-order valence-electron chi connectivity index (χ2n) is 5.18. The van der Waals surface area contributed by atoms with Crippen molar-refractivity contribution in [2.24, 2.45) is 7.05 Å². The maximum atomic E-state index is 12.7. The maximum Gasteiger partial charge on any atom is 0.275 e. The van der Waals surface area contributed by atoms with Crippen LogP contribution in [0.25, 0.3) is 0 Å². The first kappa shape index (κ1) is 13.3. The van der Waals surface area contributed by atoms with Gasteiger partial charge in [-0.25, -0.2) is 0 Å². The van der Waals surface area contributed by atoms with Crippen molar-refractivity contribution in [2.45, 2.75) is 12.8 Å². The lowest BCUT2D eigenvalue weighted by Gasteiger charge is -2.30. The number of carbonyl (C=O) groups is 1. The summed E-state index contributed by atoms with van der Waals surface area (Å²) < 4.78 is 1.65. The van der Waals surface area contributed by atoms with Gasteiger partial charge in [-0.15, -0.1) is 0 Å². The number of carbonyl (C=O) groups excluding carboxylic acids is 1. The zero-order valence-corrected chi connectivity index (χ0v) is 11.7. The van der Waals surface area contributed by atoms with Crippen molar-refractivity contribution in [3.8, 4) is 11.8 Å². The number of benzene rings is 1. The molecule has 0 radical (unpaired) electrons. The van der Waals surface area contributed by atoms with Gasteiger partial charge in [0.2, 0.25) is 0 Å². The van der Waals surface area contributed by atoms with Crippen LogP contribution < -0.4 is 4.90 Å². The summed E-state index contributed by atoms with van der Waals surface area (Å²) in [6, 6.07) is 8.93. The molecule has 0 aliphatic carbocycles. The molecule has 2 aromatic rings. The van der Waals surface area contributed by atoms with E-state index < -0.39 is 0 Å². The fourth-order valence-corrected chi connectivity index (χ4v) is 2.81. The van der Waals surface area contributed by atoms with Gasteiger partial charge in [0.25, 0.3) is 5.91 Å². The number of hydrogen-bond acceptors (Lipinski definition) is 3. The van der Waals surface area contributed by atoms with Gasteiger partial charge in [-0.05, 0) is 30.5 Å². The fourth-order valence-electron chi connectivity index (χ4n) is 2.81. The number of phenols is 1. The number of nitriles is 1. The van der Waals surface area contributed by atoms with Gasteiger partial charge in [0, 0.05) is 19.8 Å². The van der Waals surface area contributed by atoms with Crippen LogP contribution in [0.2, 0.25) is 0 Å². The first-order chi connectivity index (χ1) is 10.1. The lowest BCUT2D eigenvalue weighted by molar-refractivity contribution is 0.0976. The van der Waals surface area contributed by atoms with Crippen LogP contribution in [0.3, 0.4) is 0 Å². The average molecular weight is 281 g/mol. The molecule has 0 bridgehead atoms. The summed E-state index contributed by atoms with van der Waals surface area (Å²) in [7, 11) is 1.74. The second kappa shape index (κ2) is 4.98. The number of aromatic nitrogens is 1. The van der Waals surface area contributed by atoms with Crippen LogP contribution in [0.1, 0.15) is 28.0 Å². The Morgan fingerprint density at radius 1 is 1.43 bits per heavy atom. The lowest BCUT2D eigenvalue weighted by atomic mass is 10.0. The second-order valence-corrected chi connectivity index (χ2v) is 5.18. The van der Waals surface area contributed by atoms with Crippen molar-refractivity contribution in [1.82, 2.24) is 4.57 Å². The number of rotatable bonds is 1. The molecule has 1 aromatic heterocycles. The lowest BCUT2D eigenvalue weighted by Crippen LogP contribution is -2.36. The number of phenolic OH excluding ortho intramolecular Hbond substituents is 1. The molecule has 0 unspecified atom stereocenters. The number of fused-ring (bicyclic) bond motifs is 1. The van der Waals surface area contributed by atoms with Crippen molar-refractivity contribution in [2.75, 3.05) is 11.4 Å². The Morgan fingerprint density at radius 2 is 2.24 bits per heavy atom. The summed E-state index contributed by atoms with van der Waals surface area (Å²) in [5.74, 6) is -0.0725. The highest BCUT2D eigenvalue weighted by atomic mass is 16.3. The Kier molecular flexibility index (Phi) is 3.15. The summed E-state index contributed by atoms with van der Waals surface area (Å²) in [4.78, 5) is 14.4. The predicted molar refractivity (Wildman–Crippen MR) is 78.2 cm³/mol. The van der Waals surface area contributed by atoms with E-state index >= 15 is 0 Å². The van der Waals surface area contributed by atoms with Gasteiger partial charge in [0.05, 0.1) is 11.3 Å². The quantitative estimate of drug-likeness (QED) is 0.871. The smallest absolute Gasteiger partial charge is 0.275 e. The highest BCUT2D eigenvalue weighted by Gasteiger charge is 2.27. The van der Waals surface area contributed by atoms with Crippen LogP contribution in [-0.2, 0) is 13.5 Å². The van der Waals surface area contributed by atoms with Crippen molar-refractivity contribution in [3.63, 3.8) is 0 Å². The summed E-state index contributed by atoms with van der Waals surface area (Å²) >= 11 is 0. The van der Waals surface area contributed by atoms with Gasteiger partial charge >= 0.3 is 0 Å². The molecule has 0 fully saturated rings. The van der Waals surface area contributed by atoms with Crippen LogP contribution in [0.15, 0.2) is 30.5 Å². The maximum absolute atomic E-state index is 12.7. The largest absolute Gasteiger partial charge is 0.506 e. The molecule has 106 valence electrons. The molecule has 21 heavy (non-hydrogen) atoms. The van der Waals surface area contributed by atoms with E-state index in [9.17, 15) is 9.90 Å². The molecule has 0 spiro atoms. The third kappa shape index (κ3) is 2.15. The number of nitrogens with zero attached hydrogens (tertiary/aromatic N) is 3. The van der Waals surface area contributed by atoms with E-state index in [0.717, 1.165) is 18.4 Å². The minimum absolute atomic E-state index is 0.121. The molecular weight excluding hydrogens is 266 g/mol. The van der Waals surface area contributed by atoms with Crippen molar-refractivity contribution in [1.29, 1.82) is 5.26 Å². The predicted octanol–water partition coefficient (Wildman–Crippen LogP) is 2.20. The Bertz CT molecular complexity index is 755. The number of aryl methyl sites for hydroxylation is 2. The molecule has 0 atom stereocenters. The summed E-state index contributed by atoms with van der Waals surface area (Å²) in [6.45, 7) is 0.566. The zero-order valence-electron chi connectivity index (χ0n) is 11.7. The van der Waals surface area contributed by atoms with E-state index in [2.05, 4.69) is 0 Å². The molecule has 1 aliphatic heterocycles. The van der Waals surface area contributed by atoms with E-state index in [-0.39, 0.29) is 11.7 Å². The highest BCUT2D eigenvalue weighted by molar-refractivity contribution is 6.06. The highest BCUT2D eigenvalue weighted by Crippen LogP contribution is 2.36. The number of hydrogen-bond donors (Lipinski definition) is 1. The third-order valence-electron chi connectivity index (χ3n) is 3.79. The van der Waals surface area contributed by atoms with Crippen molar-refractivity contribution in [3.05, 3.63) is 47.3 Å². The van der Waals surface area contributed by atoms with Crippen LogP contribution >= 0.6 is 0 Å². The number of amides is 1. The Balaban J connectivity index is 2.04. The van der Waals surface area contributed by atoms with Crippen LogP contribution in [0.5, 0.6) is 5.75 Å². The van der Waals surface area contributed by atoms with E-state index in [1.165, 1.54) is 0 Å². The molecule has 1 aliphatic rings. The molecule has 1 aromatic carbocycles. The van der Waals surface area contributed by atoms with E-state index in [0.29, 0.717) is 23.5 Å². The number of anilines is 1. The van der Waals surface area contributed by atoms with Crippen molar-refractivity contribution >= 4 is 11.6 Å². The molecule has 0 saturated heterocycles. The monoisotopic (exact) mass is 281 g/mol. The minimum Gasteiger partial charge on any atom is -0.506 e. The summed E-state index contributed by atoms with van der Waals surface area (Å²) in [5, 5.41) is 19.0. The van der Waals surface area contributed by atoms with Gasteiger partial charge in [-0.1, -0.05) is 12.1 Å². The van der Waals surface area contributed by atoms with E-state index in [4.69, 9.17) is 5.26 Å². The SMILES string of the molecule is Cn1cc(C#N)cc1C(=O)N1CCCc2cccc(O)c21. The zero-order chi connectivity index (χ0) is 15.0. The molecule has 2 heterocycles. The third-order valence-corrected chi connectivity index (χ3v) is 3.79. The Hall–Kier alpha value is -2.74. The molecule has 1 N–H and O–H groups in total. The van der Waals surface area contributed by atoms with Crippen LogP contribution in [0.4, 0.5) is 5.69 Å². The number of para-hydroxylation sites is 1. The summed E-state index contributed by atoms with van der Waals surface area (Å²) in [6.07, 6.45) is 3.34. The average Bonchev–Trinajstić information content (AvgIpc) is 2.87. The van der Waals surface area contributed by atoms with Gasteiger partial charge < -0.3 is 14.6 Å². The normalized spacial score (nSPS) is 13.6. The Morgan fingerprint density at radius 3 is 2.95 bits per heavy atom. The van der Waals surface area contributed by atoms with Gasteiger partial charge in [0.1, 0.15) is 17.5 Å². The van der Waals surface area contributed by atoms with Gasteiger partial charge in [-0.2, -0.15) is 5.26 Å². The van der Waals surface area contributed by atoms with Crippen molar-refractivity contribution < 1.29 is 9.90 Å². The van der Waals surface area contributed by atoms with Gasteiger partial charge in [0.15, 0.2) is 0 Å². The molecule has 5 heteroatoms. The van der Waals surface area contributed by atoms with E-state index in [1.807, 2.05) is 12.1 Å².